The molecule has 4 rings (SSSR count). The number of carbonyl (C=O) groups excluding carboxylic acids is 1. The first-order valence-corrected chi connectivity index (χ1v) is 16.7. The molecule has 0 saturated carbocycles. The van der Waals surface area contributed by atoms with Gasteiger partial charge in [-0.1, -0.05) is 6.92 Å². The number of benzene rings is 2. The Morgan fingerprint density at radius 1 is 0.941 bits per heavy atom. The highest BCUT2D eigenvalue weighted by atomic mass is 32.2. The van der Waals surface area contributed by atoms with Crippen LogP contribution in [0.3, 0.4) is 0 Å². The summed E-state index contributed by atoms with van der Waals surface area (Å²) in [6.45, 7) is 2.78. The summed E-state index contributed by atoms with van der Waals surface area (Å²) in [5.41, 5.74) is -4.72. The first-order chi connectivity index (χ1) is 23.5. The Kier molecular flexibility index (Phi) is 11.5. The second-order valence-electron chi connectivity index (χ2n) is 11.7. The number of hydrogen-bond acceptors (Lipinski definition) is 7. The third-order valence-electron chi connectivity index (χ3n) is 8.00. The van der Waals surface area contributed by atoms with E-state index in [0.717, 1.165) is 28.7 Å². The molecule has 280 valence electrons. The van der Waals surface area contributed by atoms with Crippen LogP contribution in [0.1, 0.15) is 71.8 Å². The summed E-state index contributed by atoms with van der Waals surface area (Å²) in [5, 5.41) is 2.91. The standard InChI is InChI=1S/C31H33F9N6O4S/c1-5-22-14-25(23-13-19(29(32,33)34)7-8-26(23)46(22)28(47)50-6-2)44-27-41-15-18(16-42-51(48,49)45(3)4)24(43-27)11-17-9-20(30(35,36)37)12-21(10-17)31(38,39)40/h7-10,12-13,15,22,25,42H,5-6,11,14,16H2,1-4H3,(H,41,43,44)/t22-,25+/m1/s1. The van der Waals surface area contributed by atoms with Crippen LogP contribution < -0.4 is 14.9 Å². The minimum atomic E-state index is -5.14. The highest BCUT2D eigenvalue weighted by Gasteiger charge is 2.40. The predicted molar refractivity (Wildman–Crippen MR) is 167 cm³/mol. The zero-order chi connectivity index (χ0) is 38.1. The van der Waals surface area contributed by atoms with Crippen LogP contribution in [0.25, 0.3) is 0 Å². The maximum Gasteiger partial charge on any atom is 0.416 e. The normalized spacial score (nSPS) is 17.0. The lowest BCUT2D eigenvalue weighted by Gasteiger charge is -2.40. The smallest absolute Gasteiger partial charge is 0.416 e. The minimum Gasteiger partial charge on any atom is -0.449 e. The summed E-state index contributed by atoms with van der Waals surface area (Å²) in [6.07, 6.45) is -15.0. The zero-order valence-corrected chi connectivity index (χ0v) is 28.3. The number of alkyl halides is 9. The van der Waals surface area contributed by atoms with Crippen LogP contribution in [0.4, 0.5) is 55.9 Å². The number of rotatable bonds is 10. The van der Waals surface area contributed by atoms with E-state index in [1.54, 1.807) is 13.8 Å². The maximum absolute atomic E-state index is 13.8. The Balaban J connectivity index is 1.82. The maximum atomic E-state index is 13.8. The molecule has 2 aromatic carbocycles. The molecule has 0 saturated heterocycles. The summed E-state index contributed by atoms with van der Waals surface area (Å²) < 4.78 is 156. The number of halogens is 9. The number of nitrogens with one attached hydrogen (secondary N) is 2. The molecular weight excluding hydrogens is 723 g/mol. The van der Waals surface area contributed by atoms with Crippen molar-refractivity contribution in [1.29, 1.82) is 0 Å². The Hall–Kier alpha value is -4.17. The van der Waals surface area contributed by atoms with Gasteiger partial charge in [-0.05, 0) is 67.3 Å². The average molecular weight is 757 g/mol. The molecule has 0 spiro atoms. The average Bonchev–Trinajstić information content (AvgIpc) is 3.02. The number of aromatic nitrogens is 2. The van der Waals surface area contributed by atoms with Gasteiger partial charge in [-0.25, -0.2) is 14.8 Å². The second kappa shape index (κ2) is 14.8. The highest BCUT2D eigenvalue weighted by Crippen LogP contribution is 2.43. The van der Waals surface area contributed by atoms with Gasteiger partial charge in [-0.15, -0.1) is 0 Å². The van der Waals surface area contributed by atoms with Gasteiger partial charge in [0.25, 0.3) is 10.2 Å². The Morgan fingerprint density at radius 3 is 2.08 bits per heavy atom. The van der Waals surface area contributed by atoms with Gasteiger partial charge in [0, 0.05) is 44.9 Å². The molecule has 0 unspecified atom stereocenters. The number of carbonyl (C=O) groups is 1. The Bertz CT molecular complexity index is 1820. The van der Waals surface area contributed by atoms with E-state index >= 15 is 0 Å². The molecule has 0 radical (unpaired) electrons. The number of hydrogen-bond donors (Lipinski definition) is 2. The van der Waals surface area contributed by atoms with Crippen molar-refractivity contribution in [3.05, 3.63) is 81.7 Å². The molecule has 1 aliphatic rings. The number of ether oxygens (including phenoxy) is 1. The van der Waals surface area contributed by atoms with E-state index in [-0.39, 0.29) is 47.6 Å². The van der Waals surface area contributed by atoms with Gasteiger partial charge >= 0.3 is 24.6 Å². The number of fused-ring (bicyclic) bond motifs is 1. The van der Waals surface area contributed by atoms with Crippen molar-refractivity contribution in [3.63, 3.8) is 0 Å². The lowest BCUT2D eigenvalue weighted by molar-refractivity contribution is -0.143. The van der Waals surface area contributed by atoms with E-state index in [4.69, 9.17) is 4.74 Å². The molecule has 0 bridgehead atoms. The second-order valence-corrected chi connectivity index (χ2v) is 13.7. The van der Waals surface area contributed by atoms with Gasteiger partial charge in [0.2, 0.25) is 5.95 Å². The molecule has 2 heterocycles. The van der Waals surface area contributed by atoms with Crippen molar-refractivity contribution < 1.29 is 57.5 Å². The van der Waals surface area contributed by atoms with Gasteiger partial charge in [0.1, 0.15) is 0 Å². The van der Waals surface area contributed by atoms with E-state index < -0.39 is 82.1 Å². The molecule has 10 nitrogen and oxygen atoms in total. The molecule has 2 atom stereocenters. The quantitative estimate of drug-likeness (QED) is 0.209. The summed E-state index contributed by atoms with van der Waals surface area (Å²) in [4.78, 5) is 22.6. The molecule has 0 fully saturated rings. The van der Waals surface area contributed by atoms with Crippen molar-refractivity contribution in [3.8, 4) is 0 Å². The van der Waals surface area contributed by atoms with Gasteiger partial charge in [0.05, 0.1) is 40.7 Å². The van der Waals surface area contributed by atoms with Crippen LogP contribution in [-0.4, -0.2) is 55.5 Å². The zero-order valence-electron chi connectivity index (χ0n) is 27.5. The van der Waals surface area contributed by atoms with E-state index in [1.807, 2.05) is 0 Å². The SMILES string of the molecule is CCOC(=O)N1c2ccc(C(F)(F)F)cc2[C@@H](Nc2ncc(CNS(=O)(=O)N(C)C)c(Cc3cc(C(F)(F)F)cc(C(F)(F)F)c3)n2)C[C@H]1CC. The topological polar surface area (TPSA) is 117 Å². The van der Waals surface area contributed by atoms with Crippen molar-refractivity contribution >= 4 is 27.9 Å². The third-order valence-corrected chi connectivity index (χ3v) is 9.47. The van der Waals surface area contributed by atoms with Gasteiger partial charge in [0.15, 0.2) is 0 Å². The van der Waals surface area contributed by atoms with Crippen LogP contribution in [0.15, 0.2) is 42.6 Å². The summed E-state index contributed by atoms with van der Waals surface area (Å²) in [5.74, 6) is -0.278. The summed E-state index contributed by atoms with van der Waals surface area (Å²) in [7, 11) is -1.64. The van der Waals surface area contributed by atoms with Crippen LogP contribution in [0, 0.1) is 0 Å². The molecule has 0 aliphatic carbocycles. The fourth-order valence-electron chi connectivity index (χ4n) is 5.44. The monoisotopic (exact) mass is 756 g/mol. The molecule has 1 aliphatic heterocycles. The van der Waals surface area contributed by atoms with Crippen molar-refractivity contribution in [2.45, 2.75) is 70.3 Å². The van der Waals surface area contributed by atoms with Crippen LogP contribution >= 0.6 is 0 Å². The molecule has 2 N–H and O–H groups in total. The summed E-state index contributed by atoms with van der Waals surface area (Å²) in [6, 6.07) is 2.19. The van der Waals surface area contributed by atoms with E-state index in [9.17, 15) is 52.7 Å². The first-order valence-electron chi connectivity index (χ1n) is 15.3. The number of nitrogens with zero attached hydrogens (tertiary/aromatic N) is 4. The molecule has 51 heavy (non-hydrogen) atoms. The molecular formula is C31H33F9N6O4S. The van der Waals surface area contributed by atoms with Crippen LogP contribution in [0.5, 0.6) is 0 Å². The van der Waals surface area contributed by atoms with Crippen molar-refractivity contribution in [2.24, 2.45) is 0 Å². The van der Waals surface area contributed by atoms with Gasteiger partial charge < -0.3 is 10.1 Å². The Morgan fingerprint density at radius 2 is 1.55 bits per heavy atom. The van der Waals surface area contributed by atoms with Gasteiger partial charge in [-0.2, -0.15) is 57.0 Å². The molecule has 3 aromatic rings. The predicted octanol–water partition coefficient (Wildman–Crippen LogP) is 7.32. The minimum absolute atomic E-state index is 0.00652. The molecule has 1 aromatic heterocycles. The highest BCUT2D eigenvalue weighted by molar-refractivity contribution is 7.87. The van der Waals surface area contributed by atoms with Crippen LogP contribution in [-0.2, 0) is 46.4 Å². The van der Waals surface area contributed by atoms with Crippen molar-refractivity contribution in [2.75, 3.05) is 30.9 Å². The fraction of sp³-hybridized carbons (Fsp3) is 0.452. The first kappa shape index (κ1) is 39.6. The number of anilines is 2. The van der Waals surface area contributed by atoms with E-state index in [1.165, 1.54) is 19.0 Å². The number of amides is 1. The lowest BCUT2D eigenvalue weighted by atomic mass is 9.89. The fourth-order valence-corrected chi connectivity index (χ4v) is 6.03. The largest absolute Gasteiger partial charge is 0.449 e. The molecule has 20 heteroatoms. The summed E-state index contributed by atoms with van der Waals surface area (Å²) >= 11 is 0. The Labute approximate surface area is 287 Å². The van der Waals surface area contributed by atoms with E-state index in [2.05, 4.69) is 20.0 Å². The van der Waals surface area contributed by atoms with Crippen molar-refractivity contribution in [1.82, 2.24) is 19.0 Å². The van der Waals surface area contributed by atoms with Crippen LogP contribution in [0.2, 0.25) is 0 Å². The third kappa shape index (κ3) is 9.39. The molecule has 1 amide bonds. The van der Waals surface area contributed by atoms with E-state index in [0.29, 0.717) is 18.6 Å². The van der Waals surface area contributed by atoms with Gasteiger partial charge in [-0.3, -0.25) is 4.90 Å². The lowest BCUT2D eigenvalue weighted by Crippen LogP contribution is -2.46.